The van der Waals surface area contributed by atoms with Crippen LogP contribution in [-0.4, -0.2) is 41.7 Å². The summed E-state index contributed by atoms with van der Waals surface area (Å²) in [5, 5.41) is 12.7. The van der Waals surface area contributed by atoms with Crippen LogP contribution < -0.4 is 5.32 Å². The van der Waals surface area contributed by atoms with Gasteiger partial charge < -0.3 is 10.4 Å². The summed E-state index contributed by atoms with van der Waals surface area (Å²) in [6, 6.07) is 8.82. The molecule has 3 heteroatoms. The lowest BCUT2D eigenvalue weighted by atomic mass is 10.0. The van der Waals surface area contributed by atoms with E-state index in [2.05, 4.69) is 24.1 Å². The molecule has 2 unspecified atom stereocenters. The quantitative estimate of drug-likeness (QED) is 0.836. The second-order valence-corrected chi connectivity index (χ2v) is 5.20. The number of hydrogen-bond acceptors (Lipinski definition) is 3. The number of aromatic hydroxyl groups is 1. The summed E-state index contributed by atoms with van der Waals surface area (Å²) in [6.45, 7) is 7.91. The molecule has 0 amide bonds. The van der Waals surface area contributed by atoms with Crippen LogP contribution in [0.3, 0.4) is 0 Å². The number of hydrogen-bond donors (Lipinski definition) is 2. The van der Waals surface area contributed by atoms with E-state index in [4.69, 9.17) is 0 Å². The van der Waals surface area contributed by atoms with Gasteiger partial charge in [0.05, 0.1) is 0 Å². The van der Waals surface area contributed by atoms with Gasteiger partial charge in [0.15, 0.2) is 0 Å². The van der Waals surface area contributed by atoms with Crippen molar-refractivity contribution in [2.75, 3.05) is 19.6 Å². The average molecular weight is 248 g/mol. The summed E-state index contributed by atoms with van der Waals surface area (Å²) in [6.07, 6.45) is 2.30. The Kier molecular flexibility index (Phi) is 4.61. The van der Waals surface area contributed by atoms with Gasteiger partial charge in [-0.1, -0.05) is 19.1 Å². The number of nitrogens with zero attached hydrogens (tertiary/aromatic N) is 1. The summed E-state index contributed by atoms with van der Waals surface area (Å²) in [7, 11) is 0. The van der Waals surface area contributed by atoms with E-state index < -0.39 is 0 Å². The van der Waals surface area contributed by atoms with Crippen LogP contribution >= 0.6 is 0 Å². The van der Waals surface area contributed by atoms with Crippen LogP contribution in [0.5, 0.6) is 5.75 Å². The van der Waals surface area contributed by atoms with Crippen molar-refractivity contribution < 1.29 is 5.11 Å². The SMILES string of the molecule is CCN(C(C)Cc1ccc(O)cc1)C1CCNC1. The Hall–Kier alpha value is -1.06. The zero-order chi connectivity index (χ0) is 13.0. The summed E-state index contributed by atoms with van der Waals surface area (Å²) >= 11 is 0. The highest BCUT2D eigenvalue weighted by Gasteiger charge is 2.24. The lowest BCUT2D eigenvalue weighted by molar-refractivity contribution is 0.161. The largest absolute Gasteiger partial charge is 0.508 e. The van der Waals surface area contributed by atoms with Crippen LogP contribution in [0, 0.1) is 0 Å². The minimum absolute atomic E-state index is 0.346. The first kappa shape index (κ1) is 13.4. The molecule has 0 radical (unpaired) electrons. The van der Waals surface area contributed by atoms with E-state index in [9.17, 15) is 5.11 Å². The summed E-state index contributed by atoms with van der Waals surface area (Å²) < 4.78 is 0. The zero-order valence-corrected chi connectivity index (χ0v) is 11.4. The fraction of sp³-hybridized carbons (Fsp3) is 0.600. The van der Waals surface area contributed by atoms with Crippen molar-refractivity contribution in [3.8, 4) is 5.75 Å². The Labute approximate surface area is 110 Å². The van der Waals surface area contributed by atoms with Crippen LogP contribution in [-0.2, 0) is 6.42 Å². The molecule has 0 saturated carbocycles. The molecule has 1 aliphatic heterocycles. The van der Waals surface area contributed by atoms with Gasteiger partial charge in [0.25, 0.3) is 0 Å². The molecule has 18 heavy (non-hydrogen) atoms. The van der Waals surface area contributed by atoms with Gasteiger partial charge in [-0.2, -0.15) is 0 Å². The predicted molar refractivity (Wildman–Crippen MR) is 74.9 cm³/mol. The second kappa shape index (κ2) is 6.21. The second-order valence-electron chi connectivity index (χ2n) is 5.20. The van der Waals surface area contributed by atoms with E-state index in [-0.39, 0.29) is 0 Å². The molecule has 1 aliphatic rings. The van der Waals surface area contributed by atoms with E-state index in [0.29, 0.717) is 17.8 Å². The van der Waals surface area contributed by atoms with Crippen molar-refractivity contribution in [2.24, 2.45) is 0 Å². The fourth-order valence-corrected chi connectivity index (χ4v) is 2.94. The van der Waals surface area contributed by atoms with Crippen LogP contribution in [0.15, 0.2) is 24.3 Å². The molecule has 1 saturated heterocycles. The molecule has 0 aliphatic carbocycles. The molecule has 1 aromatic carbocycles. The smallest absolute Gasteiger partial charge is 0.115 e. The standard InChI is InChI=1S/C15H24N2O/c1-3-17(14-8-9-16-11-14)12(2)10-13-4-6-15(18)7-5-13/h4-7,12,14,16,18H,3,8-11H2,1-2H3. The third kappa shape index (κ3) is 3.24. The molecular weight excluding hydrogens is 224 g/mol. The normalized spacial score (nSPS) is 21.4. The molecular formula is C15H24N2O. The van der Waals surface area contributed by atoms with Crippen molar-refractivity contribution in [3.63, 3.8) is 0 Å². The Morgan fingerprint density at radius 1 is 1.39 bits per heavy atom. The number of phenolic OH excluding ortho intramolecular Hbond substituents is 1. The Morgan fingerprint density at radius 2 is 2.11 bits per heavy atom. The van der Waals surface area contributed by atoms with Gasteiger partial charge in [-0.3, -0.25) is 4.90 Å². The molecule has 0 bridgehead atoms. The summed E-state index contributed by atoms with van der Waals surface area (Å²) in [4.78, 5) is 2.59. The van der Waals surface area contributed by atoms with Crippen molar-refractivity contribution in [1.82, 2.24) is 10.2 Å². The first-order valence-corrected chi connectivity index (χ1v) is 6.95. The minimum Gasteiger partial charge on any atom is -0.508 e. The molecule has 2 N–H and O–H groups in total. The number of nitrogens with one attached hydrogen (secondary N) is 1. The Bertz CT molecular complexity index is 357. The molecule has 2 rings (SSSR count). The van der Waals surface area contributed by atoms with Crippen LogP contribution in [0.2, 0.25) is 0 Å². The average Bonchev–Trinajstić information content (AvgIpc) is 2.87. The molecule has 100 valence electrons. The van der Waals surface area contributed by atoms with E-state index in [1.807, 2.05) is 12.1 Å². The fourth-order valence-electron chi connectivity index (χ4n) is 2.94. The van der Waals surface area contributed by atoms with Gasteiger partial charge in [0, 0.05) is 18.6 Å². The van der Waals surface area contributed by atoms with E-state index in [1.165, 1.54) is 12.0 Å². The maximum atomic E-state index is 9.30. The molecule has 0 spiro atoms. The van der Waals surface area contributed by atoms with Gasteiger partial charge >= 0.3 is 0 Å². The highest BCUT2D eigenvalue weighted by atomic mass is 16.3. The molecule has 1 aromatic rings. The van der Waals surface area contributed by atoms with Gasteiger partial charge in [-0.15, -0.1) is 0 Å². The van der Waals surface area contributed by atoms with Crippen molar-refractivity contribution >= 4 is 0 Å². The number of benzene rings is 1. The first-order valence-electron chi connectivity index (χ1n) is 6.95. The van der Waals surface area contributed by atoms with Crippen LogP contribution in [0.1, 0.15) is 25.8 Å². The summed E-state index contributed by atoms with van der Waals surface area (Å²) in [5.74, 6) is 0.346. The first-order chi connectivity index (χ1) is 8.70. The van der Waals surface area contributed by atoms with Crippen molar-refractivity contribution in [3.05, 3.63) is 29.8 Å². The number of phenols is 1. The minimum atomic E-state index is 0.346. The topological polar surface area (TPSA) is 35.5 Å². The zero-order valence-electron chi connectivity index (χ0n) is 11.4. The molecule has 1 fully saturated rings. The monoisotopic (exact) mass is 248 g/mol. The van der Waals surface area contributed by atoms with E-state index in [1.54, 1.807) is 12.1 Å². The van der Waals surface area contributed by atoms with Crippen LogP contribution in [0.25, 0.3) is 0 Å². The van der Waals surface area contributed by atoms with E-state index in [0.717, 1.165) is 26.1 Å². The van der Waals surface area contributed by atoms with Crippen molar-refractivity contribution in [1.29, 1.82) is 0 Å². The predicted octanol–water partition coefficient (Wildman–Crippen LogP) is 2.01. The highest BCUT2D eigenvalue weighted by Crippen LogP contribution is 2.17. The van der Waals surface area contributed by atoms with Gasteiger partial charge in [0.1, 0.15) is 5.75 Å². The highest BCUT2D eigenvalue weighted by molar-refractivity contribution is 5.26. The van der Waals surface area contributed by atoms with Gasteiger partial charge in [0.2, 0.25) is 0 Å². The lowest BCUT2D eigenvalue weighted by Crippen LogP contribution is -2.43. The summed E-state index contributed by atoms with van der Waals surface area (Å²) in [5.41, 5.74) is 1.30. The number of likely N-dealkylation sites (N-methyl/N-ethyl adjacent to an activating group) is 1. The molecule has 0 aromatic heterocycles. The lowest BCUT2D eigenvalue weighted by Gasteiger charge is -2.33. The van der Waals surface area contributed by atoms with Gasteiger partial charge in [-0.25, -0.2) is 0 Å². The third-order valence-corrected chi connectivity index (χ3v) is 3.90. The van der Waals surface area contributed by atoms with Crippen molar-refractivity contribution in [2.45, 2.75) is 38.8 Å². The number of rotatable bonds is 5. The molecule has 2 atom stereocenters. The third-order valence-electron chi connectivity index (χ3n) is 3.90. The Balaban J connectivity index is 1.96. The van der Waals surface area contributed by atoms with Gasteiger partial charge in [-0.05, 0) is 50.6 Å². The molecule has 1 heterocycles. The maximum Gasteiger partial charge on any atom is 0.115 e. The Morgan fingerprint density at radius 3 is 2.67 bits per heavy atom. The van der Waals surface area contributed by atoms with Crippen LogP contribution in [0.4, 0.5) is 0 Å². The maximum absolute atomic E-state index is 9.30. The van der Waals surface area contributed by atoms with E-state index >= 15 is 0 Å². The molecule has 3 nitrogen and oxygen atoms in total.